The SMILES string of the molecule is C/C=C(\C=C(\F)CC)C(O)C(=O)Nc1ccc(-c2nc(C(O)(O)O)n3c(F)cnc(N)c23)c(F)c1F. The molecular weight excluding hydrogens is 490 g/mol. The molecular formula is C22H21F4N5O5. The molecule has 36 heavy (non-hydrogen) atoms. The number of aliphatic hydroxyl groups is 4. The molecule has 3 rings (SSSR count). The average molecular weight is 511 g/mol. The lowest BCUT2D eigenvalue weighted by Gasteiger charge is -2.14. The van der Waals surface area contributed by atoms with Gasteiger partial charge < -0.3 is 31.5 Å². The number of allylic oxidation sites excluding steroid dienone is 2. The van der Waals surface area contributed by atoms with Crippen LogP contribution in [-0.4, -0.2) is 46.8 Å². The Morgan fingerprint density at radius 3 is 2.50 bits per heavy atom. The van der Waals surface area contributed by atoms with Crippen LogP contribution < -0.4 is 11.1 Å². The maximum absolute atomic E-state index is 15.1. The van der Waals surface area contributed by atoms with Gasteiger partial charge in [-0.15, -0.1) is 0 Å². The molecule has 2 heterocycles. The molecule has 0 bridgehead atoms. The van der Waals surface area contributed by atoms with Crippen LogP contribution in [0, 0.1) is 17.6 Å². The first-order valence-corrected chi connectivity index (χ1v) is 10.3. The third-order valence-corrected chi connectivity index (χ3v) is 5.10. The predicted molar refractivity (Wildman–Crippen MR) is 119 cm³/mol. The highest BCUT2D eigenvalue weighted by Gasteiger charge is 2.34. The van der Waals surface area contributed by atoms with Crippen molar-refractivity contribution in [1.82, 2.24) is 14.4 Å². The molecule has 0 spiro atoms. The molecule has 1 aromatic carbocycles. The van der Waals surface area contributed by atoms with Crippen molar-refractivity contribution in [2.45, 2.75) is 32.3 Å². The maximum Gasteiger partial charge on any atom is 0.339 e. The lowest BCUT2D eigenvalue weighted by molar-refractivity contribution is -0.329. The van der Waals surface area contributed by atoms with Gasteiger partial charge in [-0.2, -0.15) is 4.39 Å². The smallest absolute Gasteiger partial charge is 0.339 e. The minimum absolute atomic E-state index is 0.00528. The molecule has 1 unspecified atom stereocenters. The summed E-state index contributed by atoms with van der Waals surface area (Å²) in [6, 6.07) is 1.78. The molecule has 0 saturated heterocycles. The summed E-state index contributed by atoms with van der Waals surface area (Å²) in [5.74, 6) is -11.6. The van der Waals surface area contributed by atoms with E-state index in [4.69, 9.17) is 5.73 Å². The second kappa shape index (κ2) is 10.0. The molecule has 0 fully saturated rings. The van der Waals surface area contributed by atoms with Crippen LogP contribution in [0.5, 0.6) is 0 Å². The molecule has 0 aliphatic rings. The third-order valence-electron chi connectivity index (χ3n) is 5.10. The Morgan fingerprint density at radius 2 is 1.92 bits per heavy atom. The van der Waals surface area contributed by atoms with Crippen LogP contribution in [0.15, 0.2) is 41.9 Å². The first kappa shape index (κ1) is 26.7. The van der Waals surface area contributed by atoms with Gasteiger partial charge >= 0.3 is 5.97 Å². The van der Waals surface area contributed by atoms with E-state index in [-0.39, 0.29) is 12.0 Å². The van der Waals surface area contributed by atoms with Gasteiger partial charge in [0, 0.05) is 5.56 Å². The molecule has 1 amide bonds. The van der Waals surface area contributed by atoms with E-state index in [2.05, 4.69) is 9.97 Å². The van der Waals surface area contributed by atoms with Crippen LogP contribution in [0.2, 0.25) is 0 Å². The number of rotatable bonds is 7. The number of hydrogen-bond donors (Lipinski definition) is 6. The van der Waals surface area contributed by atoms with Gasteiger partial charge in [0.15, 0.2) is 17.7 Å². The molecule has 14 heteroatoms. The molecule has 3 aromatic rings. The van der Waals surface area contributed by atoms with Crippen molar-refractivity contribution in [2.75, 3.05) is 11.1 Å². The Labute approximate surface area is 200 Å². The standard InChI is InChI=1S/C22H21F4N5O5/c1-3-9(7-10(23)4-2)18(32)20(33)29-12-6-5-11(14(25)15(12)26)16-17-19(27)28-8-13(24)31(17)21(30-16)22(34,35)36/h3,5-8,18,32,34-36H,4H2,1-2H3,(H2,27,28)(H,29,33)/b9-3+,10-7+. The van der Waals surface area contributed by atoms with Crippen molar-refractivity contribution in [3.63, 3.8) is 0 Å². The van der Waals surface area contributed by atoms with Crippen LogP contribution in [0.1, 0.15) is 26.1 Å². The Bertz CT molecular complexity index is 1400. The topological polar surface area (TPSA) is 166 Å². The Balaban J connectivity index is 2.06. The maximum atomic E-state index is 15.1. The molecule has 0 radical (unpaired) electrons. The van der Waals surface area contributed by atoms with Gasteiger partial charge in [-0.25, -0.2) is 23.1 Å². The zero-order valence-electron chi connectivity index (χ0n) is 18.8. The summed E-state index contributed by atoms with van der Waals surface area (Å²) < 4.78 is 58.2. The molecule has 192 valence electrons. The van der Waals surface area contributed by atoms with Crippen molar-refractivity contribution in [3.8, 4) is 11.3 Å². The zero-order chi connectivity index (χ0) is 26.9. The van der Waals surface area contributed by atoms with E-state index in [9.17, 15) is 38.4 Å². The predicted octanol–water partition coefficient (Wildman–Crippen LogP) is 1.99. The number of aromatic nitrogens is 3. The van der Waals surface area contributed by atoms with Gasteiger partial charge in [0.2, 0.25) is 11.8 Å². The fraction of sp³-hybridized carbons (Fsp3) is 0.227. The van der Waals surface area contributed by atoms with Gasteiger partial charge in [-0.3, -0.25) is 9.20 Å². The number of fused-ring (bicyclic) bond motifs is 1. The summed E-state index contributed by atoms with van der Waals surface area (Å²) in [6.07, 6.45) is 0.875. The molecule has 0 saturated carbocycles. The van der Waals surface area contributed by atoms with Gasteiger partial charge in [-0.1, -0.05) is 13.0 Å². The Kier molecular flexibility index (Phi) is 7.45. The number of aliphatic hydroxyl groups excluding tert-OH is 1. The molecule has 7 N–H and O–H groups in total. The first-order chi connectivity index (χ1) is 16.8. The number of nitrogen functional groups attached to an aromatic ring is 1. The van der Waals surface area contributed by atoms with E-state index >= 15 is 4.39 Å². The fourth-order valence-electron chi connectivity index (χ4n) is 3.30. The first-order valence-electron chi connectivity index (χ1n) is 10.3. The highest BCUT2D eigenvalue weighted by molar-refractivity contribution is 5.97. The highest BCUT2D eigenvalue weighted by Crippen LogP contribution is 2.35. The third kappa shape index (κ3) is 4.92. The fourth-order valence-corrected chi connectivity index (χ4v) is 3.30. The van der Waals surface area contributed by atoms with Crippen molar-refractivity contribution < 1.29 is 42.8 Å². The van der Waals surface area contributed by atoms with Crippen molar-refractivity contribution in [1.29, 1.82) is 0 Å². The van der Waals surface area contributed by atoms with Crippen LogP contribution >= 0.6 is 0 Å². The second-order valence-corrected chi connectivity index (χ2v) is 7.48. The van der Waals surface area contributed by atoms with E-state index in [1.165, 1.54) is 19.9 Å². The molecule has 1 atom stereocenters. The summed E-state index contributed by atoms with van der Waals surface area (Å²) in [5, 5.41) is 40.8. The number of amides is 1. The number of halogens is 4. The summed E-state index contributed by atoms with van der Waals surface area (Å²) in [7, 11) is 0. The number of nitrogens with zero attached hydrogens (tertiary/aromatic N) is 3. The summed E-state index contributed by atoms with van der Waals surface area (Å²) in [4.78, 5) is 19.5. The van der Waals surface area contributed by atoms with Crippen molar-refractivity contribution in [2.24, 2.45) is 0 Å². The number of carbonyl (C=O) groups excluding carboxylic acids is 1. The van der Waals surface area contributed by atoms with Gasteiger partial charge in [0.05, 0.1) is 11.9 Å². The monoisotopic (exact) mass is 511 g/mol. The second-order valence-electron chi connectivity index (χ2n) is 7.48. The lowest BCUT2D eigenvalue weighted by Crippen LogP contribution is -2.29. The van der Waals surface area contributed by atoms with E-state index < -0.39 is 75.5 Å². The number of carbonyl (C=O) groups is 1. The largest absolute Gasteiger partial charge is 0.382 e. The number of benzene rings is 1. The number of imidazole rings is 1. The number of hydrogen-bond acceptors (Lipinski definition) is 8. The minimum atomic E-state index is -3.69. The van der Waals surface area contributed by atoms with Gasteiger partial charge in [0.25, 0.3) is 5.91 Å². The lowest BCUT2D eigenvalue weighted by atomic mass is 10.1. The normalized spacial score (nSPS) is 13.8. The quantitative estimate of drug-likeness (QED) is 0.159. The summed E-state index contributed by atoms with van der Waals surface area (Å²) >= 11 is 0. The Morgan fingerprint density at radius 1 is 1.25 bits per heavy atom. The van der Waals surface area contributed by atoms with Crippen LogP contribution in [0.3, 0.4) is 0 Å². The number of nitrogens with one attached hydrogen (secondary N) is 1. The zero-order valence-corrected chi connectivity index (χ0v) is 18.8. The van der Waals surface area contributed by atoms with E-state index in [1.807, 2.05) is 5.32 Å². The van der Waals surface area contributed by atoms with E-state index in [0.29, 0.717) is 10.6 Å². The van der Waals surface area contributed by atoms with Crippen molar-refractivity contribution in [3.05, 3.63) is 65.3 Å². The molecule has 2 aromatic heterocycles. The number of anilines is 2. The summed E-state index contributed by atoms with van der Waals surface area (Å²) in [5.41, 5.74) is 3.08. The average Bonchev–Trinajstić information content (AvgIpc) is 3.24. The molecule has 0 aliphatic heterocycles. The molecule has 0 aliphatic carbocycles. The van der Waals surface area contributed by atoms with Gasteiger partial charge in [0.1, 0.15) is 22.9 Å². The van der Waals surface area contributed by atoms with Crippen LogP contribution in [0.4, 0.5) is 29.1 Å². The number of nitrogens with two attached hydrogens (primary N) is 1. The Hall–Kier alpha value is -3.85. The van der Waals surface area contributed by atoms with Gasteiger partial charge in [-0.05, 0) is 37.1 Å². The van der Waals surface area contributed by atoms with E-state index in [1.54, 1.807) is 0 Å². The summed E-state index contributed by atoms with van der Waals surface area (Å²) in [6.45, 7) is 2.95. The minimum Gasteiger partial charge on any atom is -0.382 e. The van der Waals surface area contributed by atoms with E-state index in [0.717, 1.165) is 18.2 Å². The van der Waals surface area contributed by atoms with Crippen molar-refractivity contribution >= 4 is 22.9 Å². The van der Waals surface area contributed by atoms with Crippen LogP contribution in [-0.2, 0) is 10.8 Å². The highest BCUT2D eigenvalue weighted by atomic mass is 19.2. The van der Waals surface area contributed by atoms with Crippen LogP contribution in [0.25, 0.3) is 16.8 Å². The molecule has 10 nitrogen and oxygen atoms in total.